The molecule has 1 amide bonds. The van der Waals surface area contributed by atoms with Crippen molar-refractivity contribution in [2.75, 3.05) is 11.9 Å². The summed E-state index contributed by atoms with van der Waals surface area (Å²) >= 11 is 0. The number of nitrogens with zero attached hydrogens (tertiary/aromatic N) is 1. The summed E-state index contributed by atoms with van der Waals surface area (Å²) in [4.78, 5) is 31.3. The number of amides is 1. The molecule has 0 aliphatic heterocycles. The lowest BCUT2D eigenvalue weighted by atomic mass is 10.1. The fourth-order valence-electron chi connectivity index (χ4n) is 2.59. The number of fused-ring (bicyclic) bond motifs is 1. The van der Waals surface area contributed by atoms with Crippen molar-refractivity contribution in [2.45, 2.75) is 20.3 Å². The summed E-state index contributed by atoms with van der Waals surface area (Å²) in [6, 6.07) is 12.4. The normalized spacial score (nSPS) is 10.6. The minimum atomic E-state index is -0.372. The smallest absolute Gasteiger partial charge is 0.338 e. The van der Waals surface area contributed by atoms with Crippen LogP contribution in [0.4, 0.5) is 5.69 Å². The van der Waals surface area contributed by atoms with Gasteiger partial charge in [-0.3, -0.25) is 4.79 Å². The van der Waals surface area contributed by atoms with Crippen LogP contribution in [-0.2, 0) is 16.0 Å². The molecular weight excluding hydrogens is 318 g/mol. The predicted molar refractivity (Wildman–Crippen MR) is 95.6 cm³/mol. The maximum absolute atomic E-state index is 12.2. The van der Waals surface area contributed by atoms with Crippen molar-refractivity contribution in [3.63, 3.8) is 0 Å². The molecule has 0 atom stereocenters. The highest BCUT2D eigenvalue weighted by atomic mass is 16.5. The molecule has 3 rings (SSSR count). The molecule has 0 radical (unpaired) electrons. The van der Waals surface area contributed by atoms with E-state index in [0.717, 1.165) is 22.4 Å². The first-order valence-electron chi connectivity index (χ1n) is 8.07. The van der Waals surface area contributed by atoms with Crippen molar-refractivity contribution in [1.29, 1.82) is 0 Å². The third-order valence-electron chi connectivity index (χ3n) is 3.71. The van der Waals surface area contributed by atoms with E-state index < -0.39 is 0 Å². The van der Waals surface area contributed by atoms with Gasteiger partial charge in [-0.05, 0) is 55.8 Å². The SMILES string of the molecule is CCOC(=O)c1ccc(NC(=O)Cc2ccc3nc(C)[nH]c3c2)cc1. The van der Waals surface area contributed by atoms with Gasteiger partial charge in [0.2, 0.25) is 5.91 Å². The van der Waals surface area contributed by atoms with Crippen molar-refractivity contribution in [1.82, 2.24) is 9.97 Å². The molecule has 0 bridgehead atoms. The highest BCUT2D eigenvalue weighted by Crippen LogP contribution is 2.15. The van der Waals surface area contributed by atoms with E-state index in [1.807, 2.05) is 25.1 Å². The van der Waals surface area contributed by atoms with Gasteiger partial charge >= 0.3 is 5.97 Å². The molecular formula is C19H19N3O3. The molecule has 2 aromatic carbocycles. The Morgan fingerprint density at radius 1 is 1.16 bits per heavy atom. The number of hydrogen-bond acceptors (Lipinski definition) is 4. The number of esters is 1. The number of ether oxygens (including phenoxy) is 1. The van der Waals surface area contributed by atoms with Gasteiger partial charge in [-0.2, -0.15) is 0 Å². The third-order valence-corrected chi connectivity index (χ3v) is 3.71. The number of carbonyl (C=O) groups excluding carboxylic acids is 2. The van der Waals surface area contributed by atoms with Crippen LogP contribution in [0, 0.1) is 6.92 Å². The van der Waals surface area contributed by atoms with Gasteiger partial charge in [0.05, 0.1) is 29.6 Å². The highest BCUT2D eigenvalue weighted by Gasteiger charge is 2.09. The molecule has 1 heterocycles. The molecule has 0 aliphatic carbocycles. The Balaban J connectivity index is 1.64. The molecule has 2 N–H and O–H groups in total. The van der Waals surface area contributed by atoms with Crippen molar-refractivity contribution >= 4 is 28.6 Å². The average Bonchev–Trinajstić information content (AvgIpc) is 2.95. The Hall–Kier alpha value is -3.15. The summed E-state index contributed by atoms with van der Waals surface area (Å²) in [5, 5.41) is 2.82. The maximum atomic E-state index is 12.2. The fourth-order valence-corrected chi connectivity index (χ4v) is 2.59. The number of anilines is 1. The number of hydrogen-bond donors (Lipinski definition) is 2. The van der Waals surface area contributed by atoms with E-state index in [4.69, 9.17) is 4.74 Å². The first-order valence-corrected chi connectivity index (χ1v) is 8.07. The van der Waals surface area contributed by atoms with Crippen molar-refractivity contribution in [3.8, 4) is 0 Å². The van der Waals surface area contributed by atoms with Crippen molar-refractivity contribution < 1.29 is 14.3 Å². The standard InChI is InChI=1S/C19H19N3O3/c1-3-25-19(24)14-5-7-15(8-6-14)22-18(23)11-13-4-9-16-17(10-13)21-12(2)20-16/h4-10H,3,11H2,1-2H3,(H,20,21)(H,22,23). The molecule has 0 saturated heterocycles. The number of carbonyl (C=O) groups is 2. The Morgan fingerprint density at radius 2 is 1.92 bits per heavy atom. The fraction of sp³-hybridized carbons (Fsp3) is 0.211. The number of benzene rings is 2. The molecule has 25 heavy (non-hydrogen) atoms. The monoisotopic (exact) mass is 337 g/mol. The van der Waals surface area contributed by atoms with Gasteiger partial charge in [-0.1, -0.05) is 6.07 Å². The Kier molecular flexibility index (Phi) is 4.79. The number of aryl methyl sites for hydroxylation is 1. The summed E-state index contributed by atoms with van der Waals surface area (Å²) in [6.45, 7) is 3.98. The summed E-state index contributed by atoms with van der Waals surface area (Å²) in [5.74, 6) is 0.348. The Morgan fingerprint density at radius 3 is 2.64 bits per heavy atom. The topological polar surface area (TPSA) is 84.1 Å². The summed E-state index contributed by atoms with van der Waals surface area (Å²) < 4.78 is 4.93. The molecule has 0 saturated carbocycles. The van der Waals surface area contributed by atoms with E-state index in [-0.39, 0.29) is 18.3 Å². The Labute approximate surface area is 145 Å². The first-order chi connectivity index (χ1) is 12.0. The molecule has 0 aliphatic rings. The highest BCUT2D eigenvalue weighted by molar-refractivity contribution is 5.94. The van der Waals surface area contributed by atoms with E-state index in [9.17, 15) is 9.59 Å². The number of imidazole rings is 1. The first kappa shape index (κ1) is 16.7. The second kappa shape index (κ2) is 7.17. The molecule has 1 aromatic heterocycles. The number of aromatic amines is 1. The van der Waals surface area contributed by atoms with Gasteiger partial charge < -0.3 is 15.0 Å². The third kappa shape index (κ3) is 4.03. The van der Waals surface area contributed by atoms with Gasteiger partial charge in [0.15, 0.2) is 0 Å². The van der Waals surface area contributed by atoms with Gasteiger partial charge in [-0.25, -0.2) is 9.78 Å². The van der Waals surface area contributed by atoms with Crippen LogP contribution in [0.25, 0.3) is 11.0 Å². The van der Waals surface area contributed by atoms with E-state index >= 15 is 0 Å². The van der Waals surface area contributed by atoms with Crippen LogP contribution < -0.4 is 5.32 Å². The molecule has 3 aromatic rings. The molecule has 0 spiro atoms. The number of rotatable bonds is 5. The molecule has 0 unspecified atom stereocenters. The number of nitrogens with one attached hydrogen (secondary N) is 2. The second-order valence-corrected chi connectivity index (χ2v) is 5.70. The van der Waals surface area contributed by atoms with Gasteiger partial charge in [0.1, 0.15) is 5.82 Å². The van der Waals surface area contributed by atoms with Crippen LogP contribution in [0.1, 0.15) is 28.7 Å². The predicted octanol–water partition coefficient (Wildman–Crippen LogP) is 3.23. The van der Waals surface area contributed by atoms with Crippen LogP contribution in [0.2, 0.25) is 0 Å². The van der Waals surface area contributed by atoms with Crippen LogP contribution in [0.3, 0.4) is 0 Å². The largest absolute Gasteiger partial charge is 0.462 e. The number of aromatic nitrogens is 2. The van der Waals surface area contributed by atoms with E-state index in [1.165, 1.54) is 0 Å². The zero-order chi connectivity index (χ0) is 17.8. The van der Waals surface area contributed by atoms with Crippen molar-refractivity contribution in [3.05, 3.63) is 59.4 Å². The lowest BCUT2D eigenvalue weighted by molar-refractivity contribution is -0.115. The maximum Gasteiger partial charge on any atom is 0.338 e. The minimum absolute atomic E-state index is 0.125. The van der Waals surface area contributed by atoms with Gasteiger partial charge in [-0.15, -0.1) is 0 Å². The van der Waals surface area contributed by atoms with Crippen molar-refractivity contribution in [2.24, 2.45) is 0 Å². The quantitative estimate of drug-likeness (QED) is 0.700. The molecule has 6 nitrogen and oxygen atoms in total. The van der Waals surface area contributed by atoms with Crippen LogP contribution in [0.5, 0.6) is 0 Å². The van der Waals surface area contributed by atoms with Crippen LogP contribution >= 0.6 is 0 Å². The second-order valence-electron chi connectivity index (χ2n) is 5.70. The zero-order valence-electron chi connectivity index (χ0n) is 14.1. The van der Waals surface area contributed by atoms with Gasteiger partial charge in [0, 0.05) is 5.69 Å². The summed E-state index contributed by atoms with van der Waals surface area (Å²) in [7, 11) is 0. The Bertz CT molecular complexity index is 913. The van der Waals surface area contributed by atoms with E-state index in [1.54, 1.807) is 31.2 Å². The van der Waals surface area contributed by atoms with Gasteiger partial charge in [0.25, 0.3) is 0 Å². The van der Waals surface area contributed by atoms with Crippen LogP contribution in [0.15, 0.2) is 42.5 Å². The molecule has 128 valence electrons. The number of H-pyrrole nitrogens is 1. The lowest BCUT2D eigenvalue weighted by Gasteiger charge is -2.07. The van der Waals surface area contributed by atoms with E-state index in [0.29, 0.717) is 17.9 Å². The summed E-state index contributed by atoms with van der Waals surface area (Å²) in [6.07, 6.45) is 0.258. The summed E-state index contributed by atoms with van der Waals surface area (Å²) in [5.41, 5.74) is 3.80. The zero-order valence-corrected chi connectivity index (χ0v) is 14.1. The molecule has 6 heteroatoms. The van der Waals surface area contributed by atoms with E-state index in [2.05, 4.69) is 15.3 Å². The lowest BCUT2D eigenvalue weighted by Crippen LogP contribution is -2.14. The average molecular weight is 337 g/mol. The van der Waals surface area contributed by atoms with Crippen LogP contribution in [-0.4, -0.2) is 28.5 Å². The molecule has 0 fully saturated rings. The minimum Gasteiger partial charge on any atom is -0.462 e.